The van der Waals surface area contributed by atoms with Gasteiger partial charge in [0.1, 0.15) is 17.3 Å². The first kappa shape index (κ1) is 12.3. The van der Waals surface area contributed by atoms with Gasteiger partial charge in [-0.25, -0.2) is 9.07 Å². The Labute approximate surface area is 104 Å². The van der Waals surface area contributed by atoms with E-state index in [0.717, 1.165) is 0 Å². The maximum atomic E-state index is 13.2. The average Bonchev–Trinajstić information content (AvgIpc) is 2.69. The highest BCUT2D eigenvalue weighted by molar-refractivity contribution is 5.91. The van der Waals surface area contributed by atoms with Crippen molar-refractivity contribution in [2.75, 3.05) is 5.73 Å². The summed E-state index contributed by atoms with van der Waals surface area (Å²) in [6.07, 6.45) is 0.683. The van der Waals surface area contributed by atoms with E-state index in [0.29, 0.717) is 41.0 Å². The number of carbonyl (C=O) groups is 1. The molecule has 1 heterocycles. The Kier molecular flexibility index (Phi) is 3.14. The summed E-state index contributed by atoms with van der Waals surface area (Å²) in [4.78, 5) is 11.1. The number of benzene rings is 1. The number of nitrogens with zero attached hydrogens (tertiary/aromatic N) is 2. The summed E-state index contributed by atoms with van der Waals surface area (Å²) in [6.45, 7) is 4.13. The SMILES string of the molecule is CCn1nc(-c2ccc(F)c(C)c2)c(C=O)c1N. The van der Waals surface area contributed by atoms with Gasteiger partial charge in [-0.3, -0.25) is 4.79 Å². The van der Waals surface area contributed by atoms with Gasteiger partial charge in [-0.2, -0.15) is 5.10 Å². The minimum absolute atomic E-state index is 0.283. The van der Waals surface area contributed by atoms with Crippen LogP contribution >= 0.6 is 0 Å². The topological polar surface area (TPSA) is 60.9 Å². The number of anilines is 1. The van der Waals surface area contributed by atoms with Crippen molar-refractivity contribution < 1.29 is 9.18 Å². The first-order valence-electron chi connectivity index (χ1n) is 5.66. The number of nitrogen functional groups attached to an aromatic ring is 1. The second-order valence-electron chi connectivity index (χ2n) is 4.05. The quantitative estimate of drug-likeness (QED) is 0.847. The minimum Gasteiger partial charge on any atom is -0.383 e. The van der Waals surface area contributed by atoms with E-state index in [2.05, 4.69) is 5.10 Å². The van der Waals surface area contributed by atoms with Gasteiger partial charge in [-0.1, -0.05) is 0 Å². The van der Waals surface area contributed by atoms with Crippen LogP contribution in [0.5, 0.6) is 0 Å². The predicted molar refractivity (Wildman–Crippen MR) is 67.8 cm³/mol. The Morgan fingerprint density at radius 3 is 2.78 bits per heavy atom. The van der Waals surface area contributed by atoms with Gasteiger partial charge in [-0.15, -0.1) is 0 Å². The second-order valence-corrected chi connectivity index (χ2v) is 4.05. The molecule has 0 bridgehead atoms. The minimum atomic E-state index is -0.283. The lowest BCUT2D eigenvalue weighted by molar-refractivity contribution is 0.112. The van der Waals surface area contributed by atoms with Crippen LogP contribution in [0.1, 0.15) is 22.8 Å². The van der Waals surface area contributed by atoms with Crippen LogP contribution < -0.4 is 5.73 Å². The first-order chi connectivity index (χ1) is 8.58. The van der Waals surface area contributed by atoms with Gasteiger partial charge in [0.2, 0.25) is 0 Å². The number of hydrogen-bond acceptors (Lipinski definition) is 3. The number of carbonyl (C=O) groups excluding carboxylic acids is 1. The number of aromatic nitrogens is 2. The number of halogens is 1. The fourth-order valence-electron chi connectivity index (χ4n) is 1.85. The largest absolute Gasteiger partial charge is 0.383 e. The Morgan fingerprint density at radius 2 is 2.22 bits per heavy atom. The Morgan fingerprint density at radius 1 is 1.50 bits per heavy atom. The smallest absolute Gasteiger partial charge is 0.156 e. The number of nitrogens with two attached hydrogens (primary N) is 1. The Balaban J connectivity index is 2.62. The second kappa shape index (κ2) is 4.60. The lowest BCUT2D eigenvalue weighted by Crippen LogP contribution is -2.02. The fraction of sp³-hybridized carbons (Fsp3) is 0.231. The van der Waals surface area contributed by atoms with E-state index in [1.54, 1.807) is 23.7 Å². The number of aryl methyl sites for hydroxylation is 2. The standard InChI is InChI=1S/C13H14FN3O/c1-3-17-13(15)10(7-18)12(16-17)9-4-5-11(14)8(2)6-9/h4-7H,3,15H2,1-2H3. The van der Waals surface area contributed by atoms with Gasteiger partial charge in [0.15, 0.2) is 6.29 Å². The van der Waals surface area contributed by atoms with Crippen molar-refractivity contribution in [3.63, 3.8) is 0 Å². The van der Waals surface area contributed by atoms with Crippen molar-refractivity contribution in [2.24, 2.45) is 0 Å². The molecule has 2 rings (SSSR count). The molecule has 0 amide bonds. The maximum Gasteiger partial charge on any atom is 0.156 e. The lowest BCUT2D eigenvalue weighted by Gasteiger charge is -2.01. The zero-order chi connectivity index (χ0) is 13.3. The highest BCUT2D eigenvalue weighted by atomic mass is 19.1. The Bertz CT molecular complexity index is 605. The summed E-state index contributed by atoms with van der Waals surface area (Å²) in [6, 6.07) is 4.61. The summed E-state index contributed by atoms with van der Waals surface area (Å²) < 4.78 is 14.8. The highest BCUT2D eigenvalue weighted by Gasteiger charge is 2.16. The molecule has 0 atom stereocenters. The molecule has 0 aliphatic carbocycles. The molecule has 1 aromatic heterocycles. The molecule has 2 N–H and O–H groups in total. The van der Waals surface area contributed by atoms with Crippen LogP contribution in [-0.4, -0.2) is 16.1 Å². The molecule has 1 aromatic carbocycles. The monoisotopic (exact) mass is 247 g/mol. The van der Waals surface area contributed by atoms with Gasteiger partial charge >= 0.3 is 0 Å². The van der Waals surface area contributed by atoms with Crippen LogP contribution in [0.4, 0.5) is 10.2 Å². The molecule has 0 aliphatic rings. The van der Waals surface area contributed by atoms with Crippen molar-refractivity contribution in [1.29, 1.82) is 0 Å². The molecule has 2 aromatic rings. The van der Waals surface area contributed by atoms with Crippen molar-refractivity contribution >= 4 is 12.1 Å². The van der Waals surface area contributed by atoms with E-state index in [-0.39, 0.29) is 5.82 Å². The molecule has 0 aliphatic heterocycles. The van der Waals surface area contributed by atoms with Gasteiger partial charge in [0.25, 0.3) is 0 Å². The number of aldehydes is 1. The molecule has 0 saturated carbocycles. The van der Waals surface area contributed by atoms with Gasteiger partial charge in [0, 0.05) is 12.1 Å². The van der Waals surface area contributed by atoms with Crippen molar-refractivity contribution in [3.05, 3.63) is 35.1 Å². The molecular formula is C13H14FN3O. The molecule has 4 nitrogen and oxygen atoms in total. The Hall–Kier alpha value is -2.17. The third kappa shape index (κ3) is 1.88. The van der Waals surface area contributed by atoms with Gasteiger partial charge < -0.3 is 5.73 Å². The summed E-state index contributed by atoms with van der Waals surface area (Å²) in [5.74, 6) is 0.0544. The highest BCUT2D eigenvalue weighted by Crippen LogP contribution is 2.27. The molecule has 0 spiro atoms. The third-order valence-electron chi connectivity index (χ3n) is 2.88. The predicted octanol–water partition coefficient (Wildman–Crippen LogP) is 2.41. The third-order valence-corrected chi connectivity index (χ3v) is 2.88. The van der Waals surface area contributed by atoms with Crippen LogP contribution in [0.15, 0.2) is 18.2 Å². The molecule has 0 unspecified atom stereocenters. The van der Waals surface area contributed by atoms with E-state index in [1.807, 2.05) is 6.92 Å². The zero-order valence-electron chi connectivity index (χ0n) is 10.3. The normalized spacial score (nSPS) is 10.6. The number of hydrogen-bond donors (Lipinski definition) is 1. The van der Waals surface area contributed by atoms with Gasteiger partial charge in [0.05, 0.1) is 5.56 Å². The molecular weight excluding hydrogens is 233 g/mol. The maximum absolute atomic E-state index is 13.2. The fourth-order valence-corrected chi connectivity index (χ4v) is 1.85. The molecule has 18 heavy (non-hydrogen) atoms. The van der Waals surface area contributed by atoms with E-state index in [9.17, 15) is 9.18 Å². The van der Waals surface area contributed by atoms with Gasteiger partial charge in [-0.05, 0) is 37.6 Å². The lowest BCUT2D eigenvalue weighted by atomic mass is 10.1. The van der Waals surface area contributed by atoms with Crippen LogP contribution in [0.2, 0.25) is 0 Å². The van der Waals surface area contributed by atoms with Crippen LogP contribution in [0.25, 0.3) is 11.3 Å². The molecule has 5 heteroatoms. The number of rotatable bonds is 3. The van der Waals surface area contributed by atoms with Crippen molar-refractivity contribution in [1.82, 2.24) is 9.78 Å². The van der Waals surface area contributed by atoms with Crippen LogP contribution in [0, 0.1) is 12.7 Å². The van der Waals surface area contributed by atoms with Crippen LogP contribution in [-0.2, 0) is 6.54 Å². The molecule has 0 fully saturated rings. The summed E-state index contributed by atoms with van der Waals surface area (Å²) >= 11 is 0. The molecule has 0 saturated heterocycles. The summed E-state index contributed by atoms with van der Waals surface area (Å²) in [5.41, 5.74) is 7.87. The summed E-state index contributed by atoms with van der Waals surface area (Å²) in [7, 11) is 0. The summed E-state index contributed by atoms with van der Waals surface area (Å²) in [5, 5.41) is 4.28. The average molecular weight is 247 g/mol. The van der Waals surface area contributed by atoms with E-state index in [4.69, 9.17) is 5.73 Å². The van der Waals surface area contributed by atoms with Crippen molar-refractivity contribution in [2.45, 2.75) is 20.4 Å². The molecule has 94 valence electrons. The van der Waals surface area contributed by atoms with E-state index in [1.165, 1.54) is 6.07 Å². The van der Waals surface area contributed by atoms with E-state index < -0.39 is 0 Å². The van der Waals surface area contributed by atoms with E-state index >= 15 is 0 Å². The first-order valence-corrected chi connectivity index (χ1v) is 5.66. The molecule has 0 radical (unpaired) electrons. The van der Waals surface area contributed by atoms with Crippen LogP contribution in [0.3, 0.4) is 0 Å². The van der Waals surface area contributed by atoms with Crippen molar-refractivity contribution in [3.8, 4) is 11.3 Å². The zero-order valence-corrected chi connectivity index (χ0v) is 10.3.